The van der Waals surface area contributed by atoms with Gasteiger partial charge in [-0.1, -0.05) is 23.8 Å². The van der Waals surface area contributed by atoms with Gasteiger partial charge in [0.25, 0.3) is 15.9 Å². The summed E-state index contributed by atoms with van der Waals surface area (Å²) in [7, 11) is -3.86. The molecule has 3 N–H and O–H groups in total. The van der Waals surface area contributed by atoms with Crippen molar-refractivity contribution >= 4 is 27.4 Å². The zero-order valence-electron chi connectivity index (χ0n) is 14.4. The number of nitrogens with one attached hydrogen (secondary N) is 2. The molecule has 0 radical (unpaired) electrons. The number of hydrogen-bond donors (Lipinski definition) is 3. The molecule has 0 saturated carbocycles. The minimum Gasteiger partial charge on any atom is -0.504 e. The van der Waals surface area contributed by atoms with Crippen molar-refractivity contribution < 1.29 is 18.3 Å². The van der Waals surface area contributed by atoms with Crippen LogP contribution < -0.4 is 10.0 Å². The van der Waals surface area contributed by atoms with Crippen molar-refractivity contribution in [2.24, 2.45) is 0 Å². The van der Waals surface area contributed by atoms with Gasteiger partial charge in [-0.15, -0.1) is 0 Å². The van der Waals surface area contributed by atoms with Crippen LogP contribution in [0.5, 0.6) is 5.75 Å². The maximum absolute atomic E-state index is 12.6. The lowest BCUT2D eigenvalue weighted by molar-refractivity contribution is 0.102. The first-order valence-electron chi connectivity index (χ1n) is 8.00. The third-order valence-corrected chi connectivity index (χ3v) is 5.11. The fraction of sp³-hybridized carbons (Fsp3) is 0.0526. The van der Waals surface area contributed by atoms with Gasteiger partial charge in [-0.25, -0.2) is 13.4 Å². The number of carbonyl (C=O) groups is 1. The second kappa shape index (κ2) is 7.46. The number of sulfonamides is 1. The molecule has 1 aromatic heterocycles. The standard InChI is InChI=1S/C19H17N3O4S/c1-13-7-9-15(10-8-13)22-27(25,26)16-5-2-4-14(12-16)19(24)21-18-17(23)6-3-11-20-18/h2-12,22-23H,1H3,(H,20,21,24). The van der Waals surface area contributed by atoms with E-state index >= 15 is 0 Å². The van der Waals surface area contributed by atoms with Crippen LogP contribution in [0.2, 0.25) is 0 Å². The smallest absolute Gasteiger partial charge is 0.261 e. The Hall–Kier alpha value is -3.39. The van der Waals surface area contributed by atoms with Crippen molar-refractivity contribution in [3.63, 3.8) is 0 Å². The lowest BCUT2D eigenvalue weighted by atomic mass is 10.2. The van der Waals surface area contributed by atoms with E-state index in [-0.39, 0.29) is 22.0 Å². The monoisotopic (exact) mass is 383 g/mol. The quantitative estimate of drug-likeness (QED) is 0.627. The van der Waals surface area contributed by atoms with Crippen LogP contribution in [0.3, 0.4) is 0 Å². The molecule has 0 fully saturated rings. The number of benzene rings is 2. The first-order chi connectivity index (χ1) is 12.8. The number of aryl methyl sites for hydroxylation is 1. The highest BCUT2D eigenvalue weighted by molar-refractivity contribution is 7.92. The number of anilines is 2. The Morgan fingerprint density at radius 2 is 1.78 bits per heavy atom. The Balaban J connectivity index is 1.83. The number of carbonyl (C=O) groups excluding carboxylic acids is 1. The summed E-state index contributed by atoms with van der Waals surface area (Å²) >= 11 is 0. The highest BCUT2D eigenvalue weighted by Gasteiger charge is 2.17. The van der Waals surface area contributed by atoms with Gasteiger partial charge in [-0.2, -0.15) is 0 Å². The molecule has 8 heteroatoms. The van der Waals surface area contributed by atoms with Crippen molar-refractivity contribution in [3.8, 4) is 5.75 Å². The molecule has 0 aliphatic heterocycles. The summed E-state index contributed by atoms with van der Waals surface area (Å²) in [5.74, 6) is -0.777. The number of nitrogens with zero attached hydrogens (tertiary/aromatic N) is 1. The van der Waals surface area contributed by atoms with Crippen LogP contribution in [0.4, 0.5) is 11.5 Å². The fourth-order valence-electron chi connectivity index (χ4n) is 2.31. The van der Waals surface area contributed by atoms with E-state index in [9.17, 15) is 18.3 Å². The normalized spacial score (nSPS) is 11.0. The molecule has 3 aromatic rings. The van der Waals surface area contributed by atoms with Crippen LogP contribution in [-0.4, -0.2) is 24.4 Å². The molecule has 7 nitrogen and oxygen atoms in total. The van der Waals surface area contributed by atoms with E-state index in [1.807, 2.05) is 6.92 Å². The number of amides is 1. The predicted molar refractivity (Wildman–Crippen MR) is 102 cm³/mol. The molecular formula is C19H17N3O4S. The number of aromatic hydroxyl groups is 1. The van der Waals surface area contributed by atoms with E-state index in [0.717, 1.165) is 5.56 Å². The molecule has 27 heavy (non-hydrogen) atoms. The Morgan fingerprint density at radius 3 is 2.48 bits per heavy atom. The largest absolute Gasteiger partial charge is 0.504 e. The van der Waals surface area contributed by atoms with Crippen molar-refractivity contribution in [2.75, 3.05) is 10.0 Å². The summed E-state index contributed by atoms with van der Waals surface area (Å²) in [6, 6.07) is 15.4. The zero-order chi connectivity index (χ0) is 19.4. The second-order valence-electron chi connectivity index (χ2n) is 5.82. The minimum absolute atomic E-state index is 0.00598. The van der Waals surface area contributed by atoms with Crippen LogP contribution in [0, 0.1) is 6.92 Å². The van der Waals surface area contributed by atoms with Crippen molar-refractivity contribution in [2.45, 2.75) is 11.8 Å². The molecule has 0 aliphatic rings. The fourth-order valence-corrected chi connectivity index (χ4v) is 3.42. The average Bonchev–Trinajstić information content (AvgIpc) is 2.65. The van der Waals surface area contributed by atoms with Gasteiger partial charge in [0, 0.05) is 17.4 Å². The lowest BCUT2D eigenvalue weighted by Crippen LogP contribution is -2.16. The van der Waals surface area contributed by atoms with E-state index in [0.29, 0.717) is 5.69 Å². The van der Waals surface area contributed by atoms with Gasteiger partial charge in [0.2, 0.25) is 0 Å². The average molecular weight is 383 g/mol. The van der Waals surface area contributed by atoms with E-state index in [4.69, 9.17) is 0 Å². The molecule has 0 saturated heterocycles. The molecule has 1 heterocycles. The number of hydrogen-bond acceptors (Lipinski definition) is 5. The third kappa shape index (κ3) is 4.42. The molecule has 0 spiro atoms. The molecule has 138 valence electrons. The molecule has 0 atom stereocenters. The molecule has 2 aromatic carbocycles. The Morgan fingerprint density at radius 1 is 1.04 bits per heavy atom. The first-order valence-corrected chi connectivity index (χ1v) is 9.48. The summed E-state index contributed by atoms with van der Waals surface area (Å²) in [4.78, 5) is 16.2. The summed E-state index contributed by atoms with van der Waals surface area (Å²) in [5.41, 5.74) is 1.55. The summed E-state index contributed by atoms with van der Waals surface area (Å²) in [6.07, 6.45) is 1.42. The van der Waals surface area contributed by atoms with Crippen molar-refractivity contribution in [1.29, 1.82) is 0 Å². The lowest BCUT2D eigenvalue weighted by Gasteiger charge is -2.10. The molecule has 0 unspecified atom stereocenters. The van der Waals surface area contributed by atoms with Crippen LogP contribution in [0.15, 0.2) is 71.8 Å². The maximum atomic E-state index is 12.6. The van der Waals surface area contributed by atoms with Crippen LogP contribution in [-0.2, 0) is 10.0 Å². The Kier molecular flexibility index (Phi) is 5.09. The van der Waals surface area contributed by atoms with E-state index < -0.39 is 15.9 Å². The van der Waals surface area contributed by atoms with Crippen molar-refractivity contribution in [3.05, 3.63) is 78.0 Å². The van der Waals surface area contributed by atoms with Gasteiger partial charge in [0.15, 0.2) is 11.6 Å². The molecular weight excluding hydrogens is 366 g/mol. The van der Waals surface area contributed by atoms with Gasteiger partial charge in [-0.3, -0.25) is 9.52 Å². The van der Waals surface area contributed by atoms with Gasteiger partial charge in [0.1, 0.15) is 0 Å². The second-order valence-corrected chi connectivity index (χ2v) is 7.51. The predicted octanol–water partition coefficient (Wildman–Crippen LogP) is 3.15. The summed E-state index contributed by atoms with van der Waals surface area (Å²) in [6.45, 7) is 1.90. The van der Waals surface area contributed by atoms with Gasteiger partial charge in [-0.05, 0) is 49.4 Å². The van der Waals surface area contributed by atoms with Gasteiger partial charge < -0.3 is 10.4 Å². The Bertz CT molecular complexity index is 1080. The molecule has 1 amide bonds. The molecule has 0 bridgehead atoms. The van der Waals surface area contributed by atoms with Gasteiger partial charge >= 0.3 is 0 Å². The SMILES string of the molecule is Cc1ccc(NS(=O)(=O)c2cccc(C(=O)Nc3ncccc3O)c2)cc1. The number of pyridine rings is 1. The third-order valence-electron chi connectivity index (χ3n) is 3.73. The number of rotatable bonds is 5. The Labute approximate surface area is 156 Å². The van der Waals surface area contributed by atoms with Crippen molar-refractivity contribution in [1.82, 2.24) is 4.98 Å². The van der Waals surface area contributed by atoms with Gasteiger partial charge in [0.05, 0.1) is 4.90 Å². The van der Waals surface area contributed by atoms with Crippen LogP contribution in [0.25, 0.3) is 0 Å². The van der Waals surface area contributed by atoms with Crippen LogP contribution >= 0.6 is 0 Å². The maximum Gasteiger partial charge on any atom is 0.261 e. The molecule has 3 rings (SSSR count). The number of aromatic nitrogens is 1. The summed E-state index contributed by atoms with van der Waals surface area (Å²) in [5, 5.41) is 12.1. The highest BCUT2D eigenvalue weighted by Crippen LogP contribution is 2.21. The summed E-state index contributed by atoms with van der Waals surface area (Å²) < 4.78 is 27.6. The van der Waals surface area contributed by atoms with Crippen LogP contribution in [0.1, 0.15) is 15.9 Å². The van der Waals surface area contributed by atoms with E-state index in [1.165, 1.54) is 42.6 Å². The van der Waals surface area contributed by atoms with E-state index in [1.54, 1.807) is 24.3 Å². The first kappa shape index (κ1) is 18.4. The zero-order valence-corrected chi connectivity index (χ0v) is 15.2. The molecule has 0 aliphatic carbocycles. The highest BCUT2D eigenvalue weighted by atomic mass is 32.2. The topological polar surface area (TPSA) is 108 Å². The minimum atomic E-state index is -3.86. The van der Waals surface area contributed by atoms with E-state index in [2.05, 4.69) is 15.0 Å².